The summed E-state index contributed by atoms with van der Waals surface area (Å²) in [6.45, 7) is 2.38. The lowest BCUT2D eigenvalue weighted by Crippen LogP contribution is -2.18. The number of carbonyl (C=O) groups is 1. The van der Waals surface area contributed by atoms with E-state index in [4.69, 9.17) is 4.74 Å². The molecule has 1 amide bonds. The minimum absolute atomic E-state index is 0.0589. The van der Waals surface area contributed by atoms with Gasteiger partial charge in [0.25, 0.3) is 0 Å². The predicted octanol–water partition coefficient (Wildman–Crippen LogP) is 4.76. The fourth-order valence-corrected chi connectivity index (χ4v) is 2.72. The Bertz CT molecular complexity index is 719. The van der Waals surface area contributed by atoms with Gasteiger partial charge in [-0.05, 0) is 36.8 Å². The molecule has 0 aliphatic heterocycles. The van der Waals surface area contributed by atoms with E-state index in [2.05, 4.69) is 5.32 Å². The normalized spacial score (nSPS) is 11.2. The van der Waals surface area contributed by atoms with Crippen molar-refractivity contribution in [2.24, 2.45) is 0 Å². The molecule has 0 radical (unpaired) electrons. The molecule has 25 heavy (non-hydrogen) atoms. The van der Waals surface area contributed by atoms with E-state index < -0.39 is 17.6 Å². The van der Waals surface area contributed by atoms with Gasteiger partial charge in [0.1, 0.15) is 5.75 Å². The molecule has 7 heteroatoms. The van der Waals surface area contributed by atoms with Crippen LogP contribution in [0.2, 0.25) is 0 Å². The van der Waals surface area contributed by atoms with Crippen molar-refractivity contribution in [2.75, 3.05) is 23.4 Å². The molecular weight excluding hydrogens is 351 g/mol. The molecule has 2 rings (SSSR count). The van der Waals surface area contributed by atoms with Crippen LogP contribution in [0.4, 0.5) is 18.9 Å². The number of thioether (sulfide) groups is 1. The average molecular weight is 369 g/mol. The molecule has 0 aliphatic carbocycles. The minimum atomic E-state index is -4.50. The quantitative estimate of drug-likeness (QED) is 0.715. The Morgan fingerprint density at radius 3 is 2.64 bits per heavy atom. The zero-order valence-electron chi connectivity index (χ0n) is 13.6. The Balaban J connectivity index is 1.75. The molecular formula is C18H18F3NO2S. The molecule has 0 aliphatic rings. The third-order valence-electron chi connectivity index (χ3n) is 3.23. The van der Waals surface area contributed by atoms with Gasteiger partial charge in [0.05, 0.1) is 23.6 Å². The maximum Gasteiger partial charge on any atom is 0.418 e. The second-order valence-electron chi connectivity index (χ2n) is 5.31. The van der Waals surface area contributed by atoms with Crippen LogP contribution in [0, 0.1) is 6.92 Å². The lowest BCUT2D eigenvalue weighted by molar-refractivity contribution is -0.137. The van der Waals surface area contributed by atoms with E-state index in [1.165, 1.54) is 30.0 Å². The number of benzene rings is 2. The number of nitrogens with one attached hydrogen (secondary N) is 1. The first-order valence-electron chi connectivity index (χ1n) is 7.59. The van der Waals surface area contributed by atoms with Crippen molar-refractivity contribution < 1.29 is 22.7 Å². The van der Waals surface area contributed by atoms with Crippen LogP contribution < -0.4 is 10.1 Å². The standard InChI is InChI=1S/C18H18F3NO2S/c1-13-5-4-6-14(11-13)24-9-10-25-12-17(23)22-16-8-3-2-7-15(16)18(19,20)21/h2-8,11H,9-10,12H2,1H3,(H,22,23). The van der Waals surface area contributed by atoms with E-state index in [1.54, 1.807) is 0 Å². The van der Waals surface area contributed by atoms with Gasteiger partial charge < -0.3 is 10.1 Å². The zero-order chi connectivity index (χ0) is 18.3. The van der Waals surface area contributed by atoms with Crippen molar-refractivity contribution in [2.45, 2.75) is 13.1 Å². The molecule has 134 valence electrons. The highest BCUT2D eigenvalue weighted by atomic mass is 32.2. The molecule has 0 saturated carbocycles. The summed E-state index contributed by atoms with van der Waals surface area (Å²) in [5.41, 5.74) is 0.0144. The first kappa shape index (κ1) is 19.2. The van der Waals surface area contributed by atoms with E-state index in [9.17, 15) is 18.0 Å². The lowest BCUT2D eigenvalue weighted by Gasteiger charge is -2.13. The van der Waals surface area contributed by atoms with Crippen molar-refractivity contribution >= 4 is 23.4 Å². The second kappa shape index (κ2) is 8.80. The average Bonchev–Trinajstić information content (AvgIpc) is 2.54. The molecule has 0 saturated heterocycles. The molecule has 0 aromatic heterocycles. The third kappa shape index (κ3) is 6.34. The highest BCUT2D eigenvalue weighted by Gasteiger charge is 2.33. The number of rotatable bonds is 7. The van der Waals surface area contributed by atoms with Gasteiger partial charge in [-0.25, -0.2) is 0 Å². The van der Waals surface area contributed by atoms with E-state index in [1.807, 2.05) is 31.2 Å². The van der Waals surface area contributed by atoms with Crippen LogP contribution in [0.15, 0.2) is 48.5 Å². The molecule has 2 aromatic rings. The van der Waals surface area contributed by atoms with Gasteiger partial charge in [-0.15, -0.1) is 11.8 Å². The molecule has 1 N–H and O–H groups in total. The van der Waals surface area contributed by atoms with Crippen molar-refractivity contribution in [3.8, 4) is 5.75 Å². The number of ether oxygens (including phenoxy) is 1. The topological polar surface area (TPSA) is 38.3 Å². The summed E-state index contributed by atoms with van der Waals surface area (Å²) in [6.07, 6.45) is -4.50. The highest BCUT2D eigenvalue weighted by molar-refractivity contribution is 7.99. The van der Waals surface area contributed by atoms with Gasteiger partial charge in [-0.1, -0.05) is 24.3 Å². The summed E-state index contributed by atoms with van der Waals surface area (Å²) in [4.78, 5) is 11.8. The van der Waals surface area contributed by atoms with E-state index in [-0.39, 0.29) is 11.4 Å². The maximum atomic E-state index is 12.9. The van der Waals surface area contributed by atoms with E-state index in [0.717, 1.165) is 17.4 Å². The number of amides is 1. The second-order valence-corrected chi connectivity index (χ2v) is 6.41. The van der Waals surface area contributed by atoms with Crippen molar-refractivity contribution in [3.63, 3.8) is 0 Å². The summed E-state index contributed by atoms with van der Waals surface area (Å²) in [5, 5.41) is 2.31. The van der Waals surface area contributed by atoms with E-state index >= 15 is 0 Å². The van der Waals surface area contributed by atoms with Gasteiger partial charge >= 0.3 is 6.18 Å². The van der Waals surface area contributed by atoms with E-state index in [0.29, 0.717) is 12.4 Å². The summed E-state index contributed by atoms with van der Waals surface area (Å²) in [5.74, 6) is 0.896. The Hall–Kier alpha value is -2.15. The molecule has 0 spiro atoms. The molecule has 0 heterocycles. The monoisotopic (exact) mass is 369 g/mol. The van der Waals surface area contributed by atoms with Crippen molar-refractivity contribution in [1.82, 2.24) is 0 Å². The highest BCUT2D eigenvalue weighted by Crippen LogP contribution is 2.34. The predicted molar refractivity (Wildman–Crippen MR) is 94.1 cm³/mol. The molecule has 2 aromatic carbocycles. The van der Waals surface area contributed by atoms with Crippen molar-refractivity contribution in [1.29, 1.82) is 0 Å². The largest absolute Gasteiger partial charge is 0.493 e. The van der Waals surface area contributed by atoms with Crippen molar-refractivity contribution in [3.05, 3.63) is 59.7 Å². The minimum Gasteiger partial charge on any atom is -0.493 e. The number of aryl methyl sites for hydroxylation is 1. The Morgan fingerprint density at radius 1 is 1.16 bits per heavy atom. The number of carbonyl (C=O) groups excluding carboxylic acids is 1. The summed E-state index contributed by atoms with van der Waals surface area (Å²) < 4.78 is 44.2. The Kier molecular flexibility index (Phi) is 6.75. The van der Waals surface area contributed by atoms with Gasteiger partial charge in [0.15, 0.2) is 0 Å². The molecule has 0 fully saturated rings. The number of anilines is 1. The van der Waals surface area contributed by atoms with Crippen LogP contribution in [0.5, 0.6) is 5.75 Å². The van der Waals surface area contributed by atoms with Crippen LogP contribution in [-0.4, -0.2) is 24.0 Å². The molecule has 0 bridgehead atoms. The van der Waals surface area contributed by atoms with Gasteiger partial charge in [0, 0.05) is 5.75 Å². The number of para-hydroxylation sites is 1. The molecule has 0 unspecified atom stereocenters. The van der Waals surface area contributed by atoms with Crippen LogP contribution in [-0.2, 0) is 11.0 Å². The van der Waals surface area contributed by atoms with Gasteiger partial charge in [-0.3, -0.25) is 4.79 Å². The third-order valence-corrected chi connectivity index (χ3v) is 4.15. The summed E-state index contributed by atoms with van der Waals surface area (Å²) >= 11 is 1.30. The van der Waals surface area contributed by atoms with Crippen LogP contribution in [0.1, 0.15) is 11.1 Å². The SMILES string of the molecule is Cc1cccc(OCCSCC(=O)Nc2ccccc2C(F)(F)F)c1. The fourth-order valence-electron chi connectivity index (χ4n) is 2.11. The van der Waals surface area contributed by atoms with Gasteiger partial charge in [-0.2, -0.15) is 13.2 Å². The number of alkyl halides is 3. The lowest BCUT2D eigenvalue weighted by atomic mass is 10.1. The maximum absolute atomic E-state index is 12.9. The zero-order valence-corrected chi connectivity index (χ0v) is 14.4. The first-order valence-corrected chi connectivity index (χ1v) is 8.75. The smallest absolute Gasteiger partial charge is 0.418 e. The van der Waals surface area contributed by atoms with Gasteiger partial charge in [0.2, 0.25) is 5.91 Å². The molecule has 3 nitrogen and oxygen atoms in total. The molecule has 0 atom stereocenters. The summed E-state index contributed by atoms with van der Waals surface area (Å²) in [6, 6.07) is 12.5. The van der Waals surface area contributed by atoms with Crippen LogP contribution in [0.3, 0.4) is 0 Å². The van der Waals surface area contributed by atoms with Crippen LogP contribution >= 0.6 is 11.8 Å². The first-order chi connectivity index (χ1) is 11.9. The number of halogens is 3. The van der Waals surface area contributed by atoms with Crippen LogP contribution in [0.25, 0.3) is 0 Å². The Morgan fingerprint density at radius 2 is 1.92 bits per heavy atom. The summed E-state index contributed by atoms with van der Waals surface area (Å²) in [7, 11) is 0. The number of hydrogen-bond donors (Lipinski definition) is 1. The number of hydrogen-bond acceptors (Lipinski definition) is 3. The Labute approximate surface area is 148 Å². The fraction of sp³-hybridized carbons (Fsp3) is 0.278.